The first-order valence-electron chi connectivity index (χ1n) is 5.87. The highest BCUT2D eigenvalue weighted by molar-refractivity contribution is 5.98. The van der Waals surface area contributed by atoms with Crippen LogP contribution >= 0.6 is 0 Å². The molecule has 6 nitrogen and oxygen atoms in total. The van der Waals surface area contributed by atoms with Gasteiger partial charge in [-0.05, 0) is 17.2 Å². The molecule has 1 aromatic rings. The van der Waals surface area contributed by atoms with Gasteiger partial charge in [-0.1, -0.05) is 12.1 Å². The lowest BCUT2D eigenvalue weighted by Crippen LogP contribution is -2.22. The average molecular weight is 265 g/mol. The second-order valence-electron chi connectivity index (χ2n) is 4.39. The maximum Gasteiger partial charge on any atom is 0.308 e. The largest absolute Gasteiger partial charge is 0.469 e. The van der Waals surface area contributed by atoms with Gasteiger partial charge in [0.25, 0.3) is 5.91 Å². The molecule has 1 aliphatic rings. The monoisotopic (exact) mass is 265 g/mol. The minimum absolute atomic E-state index is 0.147. The highest BCUT2D eigenvalue weighted by Crippen LogP contribution is 2.24. The van der Waals surface area contributed by atoms with E-state index >= 15 is 0 Å². The number of esters is 1. The maximum absolute atomic E-state index is 11.4. The molecule has 0 bridgehead atoms. The van der Waals surface area contributed by atoms with E-state index < -0.39 is 18.2 Å². The first kappa shape index (κ1) is 13.5. The Morgan fingerprint density at radius 1 is 1.47 bits per heavy atom. The molecular weight excluding hydrogens is 250 g/mol. The molecule has 0 radical (unpaired) electrons. The number of hydrogen-bond acceptors (Lipinski definition) is 5. The SMILES string of the molecule is COC(=O)CC(O)C(O)c1ccc2c(c1)CNC2=O. The standard InChI is InChI=1S/C13H15NO5/c1-19-11(16)5-10(15)12(17)7-2-3-9-8(4-7)6-14-13(9)18/h2-4,10,12,15,17H,5-6H2,1H3,(H,14,18). The summed E-state index contributed by atoms with van der Waals surface area (Å²) in [4.78, 5) is 22.4. The molecule has 0 saturated carbocycles. The fraction of sp³-hybridized carbons (Fsp3) is 0.385. The number of aliphatic hydroxyl groups is 2. The van der Waals surface area contributed by atoms with Crippen molar-refractivity contribution in [3.63, 3.8) is 0 Å². The topological polar surface area (TPSA) is 95.9 Å². The third kappa shape index (κ3) is 2.74. The Morgan fingerprint density at radius 2 is 2.21 bits per heavy atom. The number of hydrogen-bond donors (Lipinski definition) is 3. The van der Waals surface area contributed by atoms with Crippen molar-refractivity contribution in [3.05, 3.63) is 34.9 Å². The highest BCUT2D eigenvalue weighted by Gasteiger charge is 2.25. The number of aliphatic hydroxyl groups excluding tert-OH is 2. The first-order chi connectivity index (χ1) is 9.02. The van der Waals surface area contributed by atoms with Crippen molar-refractivity contribution in [2.45, 2.75) is 25.2 Å². The first-order valence-corrected chi connectivity index (χ1v) is 5.87. The van der Waals surface area contributed by atoms with Crippen LogP contribution in [0.4, 0.5) is 0 Å². The van der Waals surface area contributed by atoms with E-state index in [-0.39, 0.29) is 12.3 Å². The molecule has 2 atom stereocenters. The van der Waals surface area contributed by atoms with Gasteiger partial charge in [-0.15, -0.1) is 0 Å². The summed E-state index contributed by atoms with van der Waals surface area (Å²) in [7, 11) is 1.22. The zero-order valence-electron chi connectivity index (χ0n) is 10.4. The Balaban J connectivity index is 2.14. The quantitative estimate of drug-likeness (QED) is 0.660. The fourth-order valence-corrected chi connectivity index (χ4v) is 2.02. The van der Waals surface area contributed by atoms with E-state index in [1.54, 1.807) is 18.2 Å². The van der Waals surface area contributed by atoms with Gasteiger partial charge in [0, 0.05) is 12.1 Å². The van der Waals surface area contributed by atoms with Gasteiger partial charge in [0.1, 0.15) is 6.10 Å². The molecule has 2 rings (SSSR count). The molecular formula is C13H15NO5. The van der Waals surface area contributed by atoms with E-state index in [4.69, 9.17) is 0 Å². The van der Waals surface area contributed by atoms with Gasteiger partial charge in [0.15, 0.2) is 0 Å². The van der Waals surface area contributed by atoms with E-state index in [2.05, 4.69) is 10.1 Å². The second kappa shape index (κ2) is 5.38. The predicted molar refractivity (Wildman–Crippen MR) is 65.2 cm³/mol. The summed E-state index contributed by atoms with van der Waals surface area (Å²) in [5.41, 5.74) is 1.80. The van der Waals surface area contributed by atoms with Gasteiger partial charge < -0.3 is 20.3 Å². The molecule has 0 aromatic heterocycles. The molecule has 0 fully saturated rings. The number of ether oxygens (including phenoxy) is 1. The van der Waals surface area contributed by atoms with Crippen molar-refractivity contribution in [1.29, 1.82) is 0 Å². The van der Waals surface area contributed by atoms with Crippen molar-refractivity contribution in [2.24, 2.45) is 0 Å². The smallest absolute Gasteiger partial charge is 0.308 e. The van der Waals surface area contributed by atoms with Crippen molar-refractivity contribution >= 4 is 11.9 Å². The number of benzene rings is 1. The zero-order chi connectivity index (χ0) is 14.0. The van der Waals surface area contributed by atoms with Gasteiger partial charge >= 0.3 is 5.97 Å². The molecule has 0 aliphatic carbocycles. The van der Waals surface area contributed by atoms with Gasteiger partial charge in [0.05, 0.1) is 19.6 Å². The highest BCUT2D eigenvalue weighted by atomic mass is 16.5. The van der Waals surface area contributed by atoms with E-state index in [1.807, 2.05) is 0 Å². The van der Waals surface area contributed by atoms with Crippen molar-refractivity contribution in [3.8, 4) is 0 Å². The number of amides is 1. The molecule has 102 valence electrons. The lowest BCUT2D eigenvalue weighted by atomic mass is 9.98. The summed E-state index contributed by atoms with van der Waals surface area (Å²) in [6.07, 6.45) is -2.72. The number of nitrogens with one attached hydrogen (secondary N) is 1. The molecule has 6 heteroatoms. The molecule has 19 heavy (non-hydrogen) atoms. The second-order valence-corrected chi connectivity index (χ2v) is 4.39. The Morgan fingerprint density at radius 3 is 2.89 bits per heavy atom. The van der Waals surface area contributed by atoms with Crippen molar-refractivity contribution < 1.29 is 24.5 Å². The normalized spacial score (nSPS) is 16.5. The van der Waals surface area contributed by atoms with E-state index in [9.17, 15) is 19.8 Å². The van der Waals surface area contributed by atoms with Crippen LogP contribution in [0.5, 0.6) is 0 Å². The van der Waals surface area contributed by atoms with Gasteiger partial charge in [-0.25, -0.2) is 0 Å². The lowest BCUT2D eigenvalue weighted by molar-refractivity contribution is -0.144. The molecule has 1 amide bonds. The summed E-state index contributed by atoms with van der Waals surface area (Å²) in [6.45, 7) is 0.405. The molecule has 1 aromatic carbocycles. The number of fused-ring (bicyclic) bond motifs is 1. The maximum atomic E-state index is 11.4. The minimum Gasteiger partial charge on any atom is -0.469 e. The Bertz CT molecular complexity index is 514. The van der Waals surface area contributed by atoms with Crippen LogP contribution in [-0.2, 0) is 16.1 Å². The number of carbonyl (C=O) groups is 2. The molecule has 1 heterocycles. The summed E-state index contributed by atoms with van der Waals surface area (Å²) in [5, 5.41) is 22.4. The molecule has 2 unspecified atom stereocenters. The van der Waals surface area contributed by atoms with Gasteiger partial charge in [-0.2, -0.15) is 0 Å². The molecule has 3 N–H and O–H groups in total. The summed E-state index contributed by atoms with van der Waals surface area (Å²) >= 11 is 0. The number of rotatable bonds is 4. The average Bonchev–Trinajstić information content (AvgIpc) is 2.78. The van der Waals surface area contributed by atoms with Crippen LogP contribution in [0, 0.1) is 0 Å². The van der Waals surface area contributed by atoms with Crippen LogP contribution in [0.25, 0.3) is 0 Å². The third-order valence-corrected chi connectivity index (χ3v) is 3.12. The van der Waals surface area contributed by atoms with Crippen LogP contribution < -0.4 is 5.32 Å². The summed E-state index contributed by atoms with van der Waals surface area (Å²) < 4.78 is 4.43. The Labute approximate surface area is 110 Å². The van der Waals surface area contributed by atoms with E-state index in [1.165, 1.54) is 7.11 Å². The summed E-state index contributed by atoms with van der Waals surface area (Å²) in [6, 6.07) is 4.81. The zero-order valence-corrected chi connectivity index (χ0v) is 10.4. The van der Waals surface area contributed by atoms with Crippen LogP contribution in [0.15, 0.2) is 18.2 Å². The molecule has 0 saturated heterocycles. The molecule has 1 aliphatic heterocycles. The predicted octanol–water partition coefficient (Wildman–Crippen LogP) is -0.113. The number of methoxy groups -OCH3 is 1. The third-order valence-electron chi connectivity index (χ3n) is 3.12. The van der Waals surface area contributed by atoms with Crippen molar-refractivity contribution in [2.75, 3.05) is 7.11 Å². The van der Waals surface area contributed by atoms with Gasteiger partial charge in [0.2, 0.25) is 0 Å². The van der Waals surface area contributed by atoms with Crippen LogP contribution in [0.2, 0.25) is 0 Å². The number of carbonyl (C=O) groups excluding carboxylic acids is 2. The van der Waals surface area contributed by atoms with Crippen molar-refractivity contribution in [1.82, 2.24) is 5.32 Å². The van der Waals surface area contributed by atoms with Crippen LogP contribution in [0.1, 0.15) is 34.0 Å². The van der Waals surface area contributed by atoms with Gasteiger partial charge in [-0.3, -0.25) is 9.59 Å². The lowest BCUT2D eigenvalue weighted by Gasteiger charge is -2.17. The van der Waals surface area contributed by atoms with Crippen LogP contribution in [-0.4, -0.2) is 35.3 Å². The van der Waals surface area contributed by atoms with E-state index in [0.29, 0.717) is 17.7 Å². The fourth-order valence-electron chi connectivity index (χ4n) is 2.02. The molecule has 0 spiro atoms. The summed E-state index contributed by atoms with van der Waals surface area (Å²) in [5.74, 6) is -0.740. The minimum atomic E-state index is -1.24. The Kier molecular flexibility index (Phi) is 3.82. The van der Waals surface area contributed by atoms with Crippen LogP contribution in [0.3, 0.4) is 0 Å². The Hall–Kier alpha value is -1.92. The van der Waals surface area contributed by atoms with E-state index in [0.717, 1.165) is 5.56 Å².